The van der Waals surface area contributed by atoms with E-state index in [0.29, 0.717) is 11.1 Å². The molecular formula is C54H64N2O6. The first-order valence-electron chi connectivity index (χ1n) is 22.8. The molecule has 0 bridgehead atoms. The normalized spacial score (nSPS) is 11.3. The highest BCUT2D eigenvalue weighted by atomic mass is 16.5. The number of esters is 2. The lowest BCUT2D eigenvalue weighted by molar-refractivity contribution is 0.0732. The van der Waals surface area contributed by atoms with Crippen molar-refractivity contribution < 1.29 is 28.5 Å². The minimum Gasteiger partial charge on any atom is -0.494 e. The van der Waals surface area contributed by atoms with E-state index in [1.807, 2.05) is 72.8 Å². The van der Waals surface area contributed by atoms with Crippen LogP contribution < -0.4 is 18.9 Å². The topological polar surface area (TPSA) is 95.8 Å². The molecule has 0 spiro atoms. The fourth-order valence-electron chi connectivity index (χ4n) is 6.75. The Morgan fingerprint density at radius 3 is 1.15 bits per heavy atom. The van der Waals surface area contributed by atoms with Gasteiger partial charge in [0, 0.05) is 18.5 Å². The second-order valence-electron chi connectivity index (χ2n) is 15.6. The quantitative estimate of drug-likeness (QED) is 0.0215. The summed E-state index contributed by atoms with van der Waals surface area (Å²) in [5, 5.41) is 0. The van der Waals surface area contributed by atoms with Crippen LogP contribution in [0.2, 0.25) is 0 Å². The molecule has 0 amide bonds. The summed E-state index contributed by atoms with van der Waals surface area (Å²) in [6.07, 6.45) is 23.9. The predicted octanol–water partition coefficient (Wildman–Crippen LogP) is 14.7. The van der Waals surface area contributed by atoms with Gasteiger partial charge in [0.15, 0.2) is 0 Å². The number of ether oxygens (including phenoxy) is 4. The van der Waals surface area contributed by atoms with Crippen LogP contribution in [-0.2, 0) is 0 Å². The molecule has 0 heterocycles. The van der Waals surface area contributed by atoms with E-state index in [1.54, 1.807) is 54.9 Å². The van der Waals surface area contributed by atoms with Crippen molar-refractivity contribution in [3.8, 4) is 23.0 Å². The van der Waals surface area contributed by atoms with Crippen LogP contribution in [0.5, 0.6) is 23.0 Å². The molecule has 326 valence electrons. The maximum Gasteiger partial charge on any atom is 0.343 e. The summed E-state index contributed by atoms with van der Waals surface area (Å²) in [7, 11) is 0. The van der Waals surface area contributed by atoms with Gasteiger partial charge in [0.1, 0.15) is 23.0 Å². The van der Waals surface area contributed by atoms with Gasteiger partial charge in [-0.25, -0.2) is 9.59 Å². The molecule has 5 aromatic rings. The number of benzene rings is 5. The van der Waals surface area contributed by atoms with Crippen LogP contribution in [0, 0.1) is 0 Å². The van der Waals surface area contributed by atoms with Gasteiger partial charge in [0.25, 0.3) is 0 Å². The fraction of sp³-hybridized carbons (Fsp3) is 0.370. The average Bonchev–Trinajstić information content (AvgIpc) is 3.30. The van der Waals surface area contributed by atoms with Crippen molar-refractivity contribution in [3.63, 3.8) is 0 Å². The summed E-state index contributed by atoms with van der Waals surface area (Å²) in [6, 6.07) is 35.9. The Balaban J connectivity index is 1.00. The Morgan fingerprint density at radius 1 is 0.419 bits per heavy atom. The van der Waals surface area contributed by atoms with Crippen LogP contribution in [0.4, 0.5) is 11.4 Å². The van der Waals surface area contributed by atoms with Crippen molar-refractivity contribution in [2.45, 2.75) is 117 Å². The third-order valence-corrected chi connectivity index (χ3v) is 10.5. The first-order valence-corrected chi connectivity index (χ1v) is 22.8. The highest BCUT2D eigenvalue weighted by Crippen LogP contribution is 2.24. The van der Waals surface area contributed by atoms with Gasteiger partial charge < -0.3 is 18.9 Å². The van der Waals surface area contributed by atoms with E-state index in [0.717, 1.165) is 60.1 Å². The highest BCUT2D eigenvalue weighted by molar-refractivity contribution is 5.93. The van der Waals surface area contributed by atoms with Gasteiger partial charge in [0.2, 0.25) is 0 Å². The molecule has 5 rings (SSSR count). The first kappa shape index (κ1) is 47.0. The van der Waals surface area contributed by atoms with Crippen molar-refractivity contribution in [1.29, 1.82) is 0 Å². The average molecular weight is 837 g/mol. The van der Waals surface area contributed by atoms with Crippen LogP contribution in [0.25, 0.3) is 0 Å². The van der Waals surface area contributed by atoms with Crippen molar-refractivity contribution >= 4 is 35.7 Å². The maximum absolute atomic E-state index is 13.0. The second kappa shape index (κ2) is 27.8. The van der Waals surface area contributed by atoms with E-state index in [9.17, 15) is 9.59 Å². The van der Waals surface area contributed by atoms with Gasteiger partial charge in [0.05, 0.1) is 35.7 Å². The Bertz CT molecular complexity index is 1940. The number of unbranched alkanes of at least 4 members (excludes halogenated alkanes) is 14. The molecule has 0 aliphatic heterocycles. The first-order chi connectivity index (χ1) is 30.5. The van der Waals surface area contributed by atoms with Crippen LogP contribution in [-0.4, -0.2) is 37.6 Å². The zero-order valence-electron chi connectivity index (χ0n) is 36.8. The predicted molar refractivity (Wildman–Crippen MR) is 253 cm³/mol. The zero-order chi connectivity index (χ0) is 43.5. The minimum absolute atomic E-state index is 0.255. The van der Waals surface area contributed by atoms with Crippen molar-refractivity contribution in [2.75, 3.05) is 13.2 Å². The second-order valence-corrected chi connectivity index (χ2v) is 15.6. The SMILES string of the molecule is CCCCCCCCCCOc1ccc(N=Cc2ccc(C(=O)Oc3cccc(OC(=O)c4ccc(C=Nc5ccc(OCCCCCCCCCC)cc5)cc4)c3)cc2)cc1. The third kappa shape index (κ3) is 17.9. The molecule has 0 aliphatic rings. The molecule has 0 N–H and O–H groups in total. The molecule has 8 nitrogen and oxygen atoms in total. The molecule has 0 saturated heterocycles. The number of carbonyl (C=O) groups is 2. The molecule has 0 fully saturated rings. The van der Waals surface area contributed by atoms with Crippen LogP contribution in [0.15, 0.2) is 131 Å². The van der Waals surface area contributed by atoms with Gasteiger partial charge in [-0.1, -0.05) is 134 Å². The molecule has 0 atom stereocenters. The summed E-state index contributed by atoms with van der Waals surface area (Å²) in [6.45, 7) is 5.95. The Labute approximate surface area is 369 Å². The van der Waals surface area contributed by atoms with Crippen molar-refractivity contribution in [1.82, 2.24) is 0 Å². The standard InChI is InChI=1S/C54H64N2O6/c1-3-5-7-9-11-13-15-17-38-59-49-34-30-47(31-35-49)55-41-43-22-26-45(27-23-43)53(57)61-51-20-19-21-52(40-51)62-54(58)46-28-24-44(25-29-46)42-56-48-32-36-50(37-33-48)60-39-18-16-14-12-10-8-6-4-2/h19-37,40-42H,3-18,38-39H2,1-2H3. The molecule has 0 aliphatic carbocycles. The third-order valence-electron chi connectivity index (χ3n) is 10.5. The Morgan fingerprint density at radius 2 is 0.774 bits per heavy atom. The van der Waals surface area contributed by atoms with Crippen molar-refractivity contribution in [2.24, 2.45) is 9.98 Å². The van der Waals surface area contributed by atoms with Gasteiger partial charge in [-0.3, -0.25) is 9.98 Å². The van der Waals surface area contributed by atoms with Crippen LogP contribution in [0.3, 0.4) is 0 Å². The number of hydrogen-bond donors (Lipinski definition) is 0. The van der Waals surface area contributed by atoms with Gasteiger partial charge in [-0.15, -0.1) is 0 Å². The number of nitrogens with zero attached hydrogens (tertiary/aromatic N) is 2. The van der Waals surface area contributed by atoms with E-state index >= 15 is 0 Å². The molecule has 0 aromatic heterocycles. The molecular weight excluding hydrogens is 773 g/mol. The monoisotopic (exact) mass is 836 g/mol. The number of rotatable bonds is 28. The molecule has 0 saturated carbocycles. The molecule has 0 unspecified atom stereocenters. The number of hydrogen-bond acceptors (Lipinski definition) is 8. The number of carbonyl (C=O) groups excluding carboxylic acids is 2. The zero-order valence-corrected chi connectivity index (χ0v) is 36.8. The summed E-state index contributed by atoms with van der Waals surface area (Å²) < 4.78 is 23.0. The van der Waals surface area contributed by atoms with E-state index in [4.69, 9.17) is 18.9 Å². The van der Waals surface area contributed by atoms with Crippen LogP contribution >= 0.6 is 0 Å². The summed E-state index contributed by atoms with van der Waals surface area (Å²) in [5.41, 5.74) is 4.05. The van der Waals surface area contributed by atoms with E-state index in [-0.39, 0.29) is 11.5 Å². The van der Waals surface area contributed by atoms with Crippen LogP contribution in [0.1, 0.15) is 148 Å². The summed E-state index contributed by atoms with van der Waals surface area (Å²) >= 11 is 0. The lowest BCUT2D eigenvalue weighted by atomic mass is 10.1. The highest BCUT2D eigenvalue weighted by Gasteiger charge is 2.12. The summed E-state index contributed by atoms with van der Waals surface area (Å²) in [4.78, 5) is 35.1. The van der Waals surface area contributed by atoms with E-state index in [1.165, 1.54) is 96.0 Å². The van der Waals surface area contributed by atoms with E-state index in [2.05, 4.69) is 23.8 Å². The van der Waals surface area contributed by atoms with Gasteiger partial charge in [-0.2, -0.15) is 0 Å². The van der Waals surface area contributed by atoms with E-state index < -0.39 is 11.9 Å². The minimum atomic E-state index is -0.532. The number of aliphatic imine (C=N–C) groups is 2. The molecule has 5 aromatic carbocycles. The maximum atomic E-state index is 13.0. The fourth-order valence-corrected chi connectivity index (χ4v) is 6.75. The summed E-state index contributed by atoms with van der Waals surface area (Å²) in [5.74, 6) is 1.14. The smallest absolute Gasteiger partial charge is 0.343 e. The molecule has 0 radical (unpaired) electrons. The van der Waals surface area contributed by atoms with Crippen molar-refractivity contribution in [3.05, 3.63) is 144 Å². The lowest BCUT2D eigenvalue weighted by Gasteiger charge is -2.08. The van der Waals surface area contributed by atoms with Gasteiger partial charge in [-0.05, 0) is 109 Å². The largest absolute Gasteiger partial charge is 0.494 e. The Kier molecular flexibility index (Phi) is 21.1. The Hall–Kier alpha value is -6.02. The lowest BCUT2D eigenvalue weighted by Crippen LogP contribution is -2.10. The van der Waals surface area contributed by atoms with Gasteiger partial charge >= 0.3 is 11.9 Å². The molecule has 8 heteroatoms. The molecule has 62 heavy (non-hydrogen) atoms.